The Hall–Kier alpha value is -3.43. The van der Waals surface area contributed by atoms with Crippen LogP contribution in [-0.2, 0) is 0 Å². The minimum atomic E-state index is -0.585. The van der Waals surface area contributed by atoms with Crippen molar-refractivity contribution in [1.82, 2.24) is 15.3 Å². The first-order valence-corrected chi connectivity index (χ1v) is 10.5. The van der Waals surface area contributed by atoms with Gasteiger partial charge in [0.05, 0.1) is 29.1 Å². The number of aromatic amines is 1. The molecule has 3 aromatic rings. The monoisotopic (exact) mass is 473 g/mol. The van der Waals surface area contributed by atoms with Gasteiger partial charge in [-0.3, -0.25) is 14.6 Å². The lowest BCUT2D eigenvalue weighted by Crippen LogP contribution is -2.35. The topological polar surface area (TPSA) is 102 Å². The maximum Gasteiger partial charge on any atom is 0.257 e. The normalized spacial score (nSPS) is 11.7. The molecule has 174 valence electrons. The fraction of sp³-hybridized carbons (Fsp3) is 0.261. The highest BCUT2D eigenvalue weighted by atomic mass is 35.5. The molecule has 0 aliphatic heterocycles. The van der Waals surface area contributed by atoms with Gasteiger partial charge in [0.15, 0.2) is 0 Å². The molecule has 2 heterocycles. The van der Waals surface area contributed by atoms with Crippen molar-refractivity contribution in [2.75, 3.05) is 37.5 Å². The van der Waals surface area contributed by atoms with Crippen LogP contribution >= 0.6 is 11.6 Å². The largest absolute Gasteiger partial charge is 0.394 e. The van der Waals surface area contributed by atoms with E-state index in [2.05, 4.69) is 15.3 Å². The number of pyridine rings is 2. The van der Waals surface area contributed by atoms with Crippen LogP contribution in [0.25, 0.3) is 11.1 Å². The van der Waals surface area contributed by atoms with Crippen molar-refractivity contribution in [3.63, 3.8) is 0 Å². The zero-order chi connectivity index (χ0) is 24.3. The van der Waals surface area contributed by atoms with Gasteiger partial charge in [0.25, 0.3) is 11.5 Å². The Kier molecular flexibility index (Phi) is 7.35. The number of hydrogen-bond donors (Lipinski definition) is 3. The summed E-state index contributed by atoms with van der Waals surface area (Å²) < 4.78 is 14.6. The molecule has 33 heavy (non-hydrogen) atoms. The van der Waals surface area contributed by atoms with E-state index in [1.54, 1.807) is 50.0 Å². The molecule has 0 unspecified atom stereocenters. The molecule has 2 aromatic heterocycles. The highest BCUT2D eigenvalue weighted by molar-refractivity contribution is 6.30. The number of amides is 1. The van der Waals surface area contributed by atoms with Crippen molar-refractivity contribution < 1.29 is 14.3 Å². The average molecular weight is 474 g/mol. The first kappa shape index (κ1) is 24.2. The molecular weight excluding hydrogens is 449 g/mol. The third-order valence-corrected chi connectivity index (χ3v) is 5.32. The summed E-state index contributed by atoms with van der Waals surface area (Å²) in [5.41, 5.74) is 0.961. The van der Waals surface area contributed by atoms with Gasteiger partial charge in [-0.05, 0) is 37.3 Å². The first-order valence-electron chi connectivity index (χ1n) is 10.1. The van der Waals surface area contributed by atoms with Crippen molar-refractivity contribution in [3.8, 4) is 11.1 Å². The molecule has 0 radical (unpaired) electrons. The number of H-pyrrole nitrogens is 1. The van der Waals surface area contributed by atoms with E-state index in [0.29, 0.717) is 22.2 Å². The van der Waals surface area contributed by atoms with E-state index < -0.39 is 23.3 Å². The summed E-state index contributed by atoms with van der Waals surface area (Å²) in [6.45, 7) is 1.46. The SMILES string of the molecule is C[C@@H](CO)NC(=O)c1cnccc1N(C)c1cc(-c2cc(Cl)ccc2F)c(=O)[nH]c1N(C)C. The molecule has 1 aromatic carbocycles. The lowest BCUT2D eigenvalue weighted by atomic mass is 10.1. The lowest BCUT2D eigenvalue weighted by molar-refractivity contribution is 0.0922. The molecule has 0 saturated heterocycles. The molecule has 0 aliphatic rings. The number of carbonyl (C=O) groups excluding carboxylic acids is 1. The second-order valence-corrected chi connectivity index (χ2v) is 8.21. The highest BCUT2D eigenvalue weighted by Gasteiger charge is 2.22. The molecule has 0 aliphatic carbocycles. The van der Waals surface area contributed by atoms with Crippen LogP contribution in [0.4, 0.5) is 21.6 Å². The van der Waals surface area contributed by atoms with Crippen LogP contribution in [0.1, 0.15) is 17.3 Å². The number of nitrogens with zero attached hydrogens (tertiary/aromatic N) is 3. The van der Waals surface area contributed by atoms with Crippen molar-refractivity contribution >= 4 is 34.7 Å². The third kappa shape index (κ3) is 5.15. The number of hydrogen-bond acceptors (Lipinski definition) is 6. The fourth-order valence-electron chi connectivity index (χ4n) is 3.34. The van der Waals surface area contributed by atoms with Crippen LogP contribution < -0.4 is 20.7 Å². The number of anilines is 3. The van der Waals surface area contributed by atoms with E-state index in [0.717, 1.165) is 0 Å². The molecule has 0 bridgehead atoms. The van der Waals surface area contributed by atoms with Crippen LogP contribution in [0.5, 0.6) is 0 Å². The predicted octanol–water partition coefficient (Wildman–Crippen LogP) is 3.17. The minimum absolute atomic E-state index is 0.0631. The number of aromatic nitrogens is 2. The van der Waals surface area contributed by atoms with Gasteiger partial charge >= 0.3 is 0 Å². The number of benzene rings is 1. The Morgan fingerprint density at radius 2 is 1.94 bits per heavy atom. The van der Waals surface area contributed by atoms with Gasteiger partial charge < -0.3 is 25.2 Å². The zero-order valence-corrected chi connectivity index (χ0v) is 19.4. The standard InChI is InChI=1S/C23H25ClFN5O3/c1-13(12-31)27-23(33)17-11-26-8-7-19(17)30(4)20-10-16(22(32)28-21(20)29(2)3)15-9-14(24)5-6-18(15)25/h5-11,13,31H,12H2,1-4H3,(H,27,33)(H,28,32)/t13-/m0/s1. The van der Waals surface area contributed by atoms with Crippen molar-refractivity contribution in [2.24, 2.45) is 0 Å². The van der Waals surface area contributed by atoms with Gasteiger partial charge in [-0.1, -0.05) is 11.6 Å². The van der Waals surface area contributed by atoms with E-state index >= 15 is 0 Å². The Bertz CT molecular complexity index is 1230. The van der Waals surface area contributed by atoms with E-state index in [4.69, 9.17) is 11.6 Å². The number of halogens is 2. The van der Waals surface area contributed by atoms with Gasteiger partial charge in [-0.25, -0.2) is 4.39 Å². The average Bonchev–Trinajstić information content (AvgIpc) is 2.79. The zero-order valence-electron chi connectivity index (χ0n) is 18.7. The number of nitrogens with one attached hydrogen (secondary N) is 2. The molecule has 10 heteroatoms. The Morgan fingerprint density at radius 3 is 2.61 bits per heavy atom. The van der Waals surface area contributed by atoms with Crippen LogP contribution in [0.2, 0.25) is 5.02 Å². The molecule has 3 N–H and O–H groups in total. The summed E-state index contributed by atoms with van der Waals surface area (Å²) >= 11 is 6.04. The summed E-state index contributed by atoms with van der Waals surface area (Å²) in [5, 5.41) is 12.3. The quantitative estimate of drug-likeness (QED) is 0.487. The van der Waals surface area contributed by atoms with Crippen LogP contribution in [0, 0.1) is 5.82 Å². The number of aliphatic hydroxyl groups is 1. The predicted molar refractivity (Wildman–Crippen MR) is 128 cm³/mol. The van der Waals surface area contributed by atoms with Crippen molar-refractivity contribution in [3.05, 3.63) is 69.5 Å². The molecule has 0 saturated carbocycles. The second kappa shape index (κ2) is 10.0. The first-order chi connectivity index (χ1) is 15.6. The number of aliphatic hydroxyl groups excluding tert-OH is 1. The Balaban J connectivity index is 2.18. The van der Waals surface area contributed by atoms with Crippen LogP contribution in [0.15, 0.2) is 47.5 Å². The maximum atomic E-state index is 14.6. The van der Waals surface area contributed by atoms with Gasteiger partial charge in [-0.15, -0.1) is 0 Å². The third-order valence-electron chi connectivity index (χ3n) is 5.08. The second-order valence-electron chi connectivity index (χ2n) is 7.77. The molecule has 0 fully saturated rings. The van der Waals surface area contributed by atoms with Gasteiger partial charge in [0, 0.05) is 50.2 Å². The van der Waals surface area contributed by atoms with E-state index in [-0.39, 0.29) is 23.3 Å². The summed E-state index contributed by atoms with van der Waals surface area (Å²) in [6, 6.07) is 6.77. The van der Waals surface area contributed by atoms with Crippen LogP contribution in [-0.4, -0.2) is 54.8 Å². The molecule has 8 nitrogen and oxygen atoms in total. The lowest BCUT2D eigenvalue weighted by Gasteiger charge is -2.27. The minimum Gasteiger partial charge on any atom is -0.394 e. The van der Waals surface area contributed by atoms with Crippen LogP contribution in [0.3, 0.4) is 0 Å². The smallest absolute Gasteiger partial charge is 0.257 e. The molecular formula is C23H25ClFN5O3. The Labute approximate surface area is 195 Å². The van der Waals surface area contributed by atoms with E-state index in [9.17, 15) is 19.1 Å². The van der Waals surface area contributed by atoms with E-state index in [1.807, 2.05) is 0 Å². The summed E-state index contributed by atoms with van der Waals surface area (Å²) in [7, 11) is 5.23. The summed E-state index contributed by atoms with van der Waals surface area (Å²) in [6.07, 6.45) is 2.96. The number of rotatable bonds is 7. The van der Waals surface area contributed by atoms with Crippen molar-refractivity contribution in [1.29, 1.82) is 0 Å². The maximum absolute atomic E-state index is 14.6. The fourth-order valence-corrected chi connectivity index (χ4v) is 3.51. The molecule has 3 rings (SSSR count). The summed E-state index contributed by atoms with van der Waals surface area (Å²) in [5.74, 6) is -0.540. The molecule has 0 spiro atoms. The van der Waals surface area contributed by atoms with Gasteiger partial charge in [-0.2, -0.15) is 0 Å². The van der Waals surface area contributed by atoms with Crippen molar-refractivity contribution in [2.45, 2.75) is 13.0 Å². The van der Waals surface area contributed by atoms with Gasteiger partial charge in [0.1, 0.15) is 11.6 Å². The Morgan fingerprint density at radius 1 is 1.21 bits per heavy atom. The molecule has 1 atom stereocenters. The number of carbonyl (C=O) groups is 1. The van der Waals surface area contributed by atoms with E-state index in [1.165, 1.54) is 30.6 Å². The van der Waals surface area contributed by atoms with Gasteiger partial charge in [0.2, 0.25) is 0 Å². The highest BCUT2D eigenvalue weighted by Crippen LogP contribution is 2.35. The molecule has 1 amide bonds. The summed E-state index contributed by atoms with van der Waals surface area (Å²) in [4.78, 5) is 35.9.